The minimum atomic E-state index is -0.246. The zero-order valence-electron chi connectivity index (χ0n) is 12.3. The summed E-state index contributed by atoms with van der Waals surface area (Å²) in [4.78, 5) is 16.2. The highest BCUT2D eigenvalue weighted by atomic mass is 32.1. The van der Waals surface area contributed by atoms with E-state index in [1.54, 1.807) is 17.5 Å². The second kappa shape index (κ2) is 6.24. The maximum absolute atomic E-state index is 12.0. The number of aromatic nitrogens is 1. The first-order valence-electron chi connectivity index (χ1n) is 6.62. The molecule has 0 aliphatic carbocycles. The van der Waals surface area contributed by atoms with E-state index in [4.69, 9.17) is 10.5 Å². The van der Waals surface area contributed by atoms with Gasteiger partial charge in [-0.25, -0.2) is 4.98 Å². The number of nitrogens with zero attached hydrogens (tertiary/aromatic N) is 1. The Kier molecular flexibility index (Phi) is 4.59. The van der Waals surface area contributed by atoms with Gasteiger partial charge in [-0.05, 0) is 45.0 Å². The highest BCUT2D eigenvalue weighted by molar-refractivity contribution is 7.09. The molecule has 1 heterocycles. The molecule has 0 fully saturated rings. The predicted molar refractivity (Wildman–Crippen MR) is 84.8 cm³/mol. The molecule has 0 bridgehead atoms. The number of hydrogen-bond acceptors (Lipinski definition) is 5. The van der Waals surface area contributed by atoms with E-state index >= 15 is 0 Å². The largest absolute Gasteiger partial charge is 0.488 e. The minimum absolute atomic E-state index is 0.240. The van der Waals surface area contributed by atoms with Crippen LogP contribution >= 0.6 is 11.3 Å². The number of thiazole rings is 1. The molecule has 6 heteroatoms. The molecule has 0 aliphatic rings. The van der Waals surface area contributed by atoms with Crippen molar-refractivity contribution in [1.82, 2.24) is 4.98 Å². The van der Waals surface area contributed by atoms with E-state index in [-0.39, 0.29) is 11.5 Å². The summed E-state index contributed by atoms with van der Waals surface area (Å²) in [5.41, 5.74) is 6.32. The molecule has 21 heavy (non-hydrogen) atoms. The molecule has 0 unspecified atom stereocenters. The third kappa shape index (κ3) is 4.54. The highest BCUT2D eigenvalue weighted by Gasteiger charge is 2.13. The molecule has 0 atom stereocenters. The van der Waals surface area contributed by atoms with E-state index in [2.05, 4.69) is 10.3 Å². The lowest BCUT2D eigenvalue weighted by Crippen LogP contribution is -2.22. The molecule has 0 radical (unpaired) electrons. The lowest BCUT2D eigenvalue weighted by atomic mass is 10.2. The molecular formula is C15H19N3O2S. The van der Waals surface area contributed by atoms with Crippen LogP contribution in [-0.4, -0.2) is 16.5 Å². The number of nitrogens with two attached hydrogens (primary N) is 1. The van der Waals surface area contributed by atoms with Gasteiger partial charge in [0.2, 0.25) is 0 Å². The van der Waals surface area contributed by atoms with Crippen LogP contribution in [0.2, 0.25) is 0 Å². The number of anilines is 1. The average Bonchev–Trinajstić information content (AvgIpc) is 2.88. The third-order valence-corrected chi connectivity index (χ3v) is 3.37. The van der Waals surface area contributed by atoms with Crippen LogP contribution in [0.5, 0.6) is 5.75 Å². The van der Waals surface area contributed by atoms with E-state index < -0.39 is 0 Å². The Bertz CT molecular complexity index is 615. The van der Waals surface area contributed by atoms with Crippen molar-refractivity contribution >= 4 is 22.9 Å². The van der Waals surface area contributed by atoms with E-state index in [9.17, 15) is 4.79 Å². The fourth-order valence-corrected chi connectivity index (χ4v) is 2.32. The highest BCUT2D eigenvalue weighted by Crippen LogP contribution is 2.21. The standard InChI is InChI=1S/C15H19N3O2S/c1-15(2,3)20-11-6-4-10(5-7-11)17-14(19)12-9-21-13(8-16)18-12/h4-7,9H,8,16H2,1-3H3,(H,17,19). The van der Waals surface area contributed by atoms with Gasteiger partial charge < -0.3 is 15.8 Å². The van der Waals surface area contributed by atoms with Crippen LogP contribution in [-0.2, 0) is 6.54 Å². The van der Waals surface area contributed by atoms with Crippen molar-refractivity contribution in [3.8, 4) is 5.75 Å². The Morgan fingerprint density at radius 2 is 2.00 bits per heavy atom. The van der Waals surface area contributed by atoms with Crippen molar-refractivity contribution < 1.29 is 9.53 Å². The van der Waals surface area contributed by atoms with E-state index in [0.717, 1.165) is 10.8 Å². The molecule has 5 nitrogen and oxygen atoms in total. The topological polar surface area (TPSA) is 77.2 Å². The van der Waals surface area contributed by atoms with Gasteiger partial charge in [-0.15, -0.1) is 11.3 Å². The minimum Gasteiger partial charge on any atom is -0.488 e. The molecule has 1 aromatic carbocycles. The first kappa shape index (κ1) is 15.5. The van der Waals surface area contributed by atoms with Gasteiger partial charge in [-0.2, -0.15) is 0 Å². The van der Waals surface area contributed by atoms with Crippen molar-refractivity contribution in [2.45, 2.75) is 32.9 Å². The van der Waals surface area contributed by atoms with Crippen molar-refractivity contribution in [3.05, 3.63) is 40.3 Å². The molecule has 0 aliphatic heterocycles. The fourth-order valence-electron chi connectivity index (χ4n) is 1.66. The summed E-state index contributed by atoms with van der Waals surface area (Å²) in [7, 11) is 0. The smallest absolute Gasteiger partial charge is 0.275 e. The van der Waals surface area contributed by atoms with E-state index in [0.29, 0.717) is 17.9 Å². The number of carbonyl (C=O) groups is 1. The van der Waals surface area contributed by atoms with Crippen LogP contribution in [0.1, 0.15) is 36.3 Å². The van der Waals surface area contributed by atoms with E-state index in [1.165, 1.54) is 11.3 Å². The molecule has 0 saturated carbocycles. The summed E-state index contributed by atoms with van der Waals surface area (Å²) in [6.45, 7) is 6.30. The number of benzene rings is 1. The summed E-state index contributed by atoms with van der Waals surface area (Å²) in [5.74, 6) is 0.523. The monoisotopic (exact) mass is 305 g/mol. The molecule has 3 N–H and O–H groups in total. The molecule has 0 spiro atoms. The normalized spacial score (nSPS) is 11.2. The fraction of sp³-hybridized carbons (Fsp3) is 0.333. The van der Waals surface area contributed by atoms with Crippen LogP contribution in [0.15, 0.2) is 29.6 Å². The molecule has 112 valence electrons. The van der Waals surface area contributed by atoms with Crippen LogP contribution in [0.4, 0.5) is 5.69 Å². The molecular weight excluding hydrogens is 286 g/mol. The summed E-state index contributed by atoms with van der Waals surface area (Å²) in [5, 5.41) is 5.24. The lowest BCUT2D eigenvalue weighted by Gasteiger charge is -2.21. The lowest BCUT2D eigenvalue weighted by molar-refractivity contribution is 0.102. The zero-order valence-corrected chi connectivity index (χ0v) is 13.2. The maximum Gasteiger partial charge on any atom is 0.275 e. The van der Waals surface area contributed by atoms with Gasteiger partial charge in [0.1, 0.15) is 22.1 Å². The summed E-state index contributed by atoms with van der Waals surface area (Å²) >= 11 is 1.38. The second-order valence-electron chi connectivity index (χ2n) is 5.52. The maximum atomic E-state index is 12.0. The average molecular weight is 305 g/mol. The van der Waals surface area contributed by atoms with Crippen molar-refractivity contribution in [3.63, 3.8) is 0 Å². The number of ether oxygens (including phenoxy) is 1. The van der Waals surface area contributed by atoms with Crippen molar-refractivity contribution in [1.29, 1.82) is 0 Å². The SMILES string of the molecule is CC(C)(C)Oc1ccc(NC(=O)c2csc(CN)n2)cc1. The summed E-state index contributed by atoms with van der Waals surface area (Å²) in [6.07, 6.45) is 0. The van der Waals surface area contributed by atoms with Crippen LogP contribution < -0.4 is 15.8 Å². The Morgan fingerprint density at radius 1 is 1.33 bits per heavy atom. The van der Waals surface area contributed by atoms with Gasteiger partial charge in [0.15, 0.2) is 0 Å². The van der Waals surface area contributed by atoms with Crippen LogP contribution in [0, 0.1) is 0 Å². The number of rotatable bonds is 4. The summed E-state index contributed by atoms with van der Waals surface area (Å²) in [6, 6.07) is 7.25. The quantitative estimate of drug-likeness (QED) is 0.910. The second-order valence-corrected chi connectivity index (χ2v) is 6.47. The van der Waals surface area contributed by atoms with Crippen molar-refractivity contribution in [2.75, 3.05) is 5.32 Å². The van der Waals surface area contributed by atoms with Gasteiger partial charge in [0.25, 0.3) is 5.91 Å². The molecule has 1 amide bonds. The van der Waals surface area contributed by atoms with Gasteiger partial charge in [0.05, 0.1) is 0 Å². The number of nitrogens with one attached hydrogen (secondary N) is 1. The summed E-state index contributed by atoms with van der Waals surface area (Å²) < 4.78 is 5.73. The van der Waals surface area contributed by atoms with Crippen molar-refractivity contribution in [2.24, 2.45) is 5.73 Å². The number of carbonyl (C=O) groups excluding carboxylic acids is 1. The van der Waals surface area contributed by atoms with Gasteiger partial charge in [0, 0.05) is 17.6 Å². The third-order valence-electron chi connectivity index (χ3n) is 2.50. The zero-order chi connectivity index (χ0) is 15.5. The Hall–Kier alpha value is -1.92. The number of amides is 1. The number of hydrogen-bond donors (Lipinski definition) is 2. The molecule has 2 rings (SSSR count). The Morgan fingerprint density at radius 3 is 2.52 bits per heavy atom. The molecule has 1 aromatic heterocycles. The van der Waals surface area contributed by atoms with Gasteiger partial charge in [-0.1, -0.05) is 0 Å². The van der Waals surface area contributed by atoms with E-state index in [1.807, 2.05) is 32.9 Å². The first-order valence-corrected chi connectivity index (χ1v) is 7.50. The van der Waals surface area contributed by atoms with Crippen LogP contribution in [0.25, 0.3) is 0 Å². The van der Waals surface area contributed by atoms with Gasteiger partial charge >= 0.3 is 0 Å². The Labute approximate surface area is 128 Å². The van der Waals surface area contributed by atoms with Crippen LogP contribution in [0.3, 0.4) is 0 Å². The first-order chi connectivity index (χ1) is 9.87. The van der Waals surface area contributed by atoms with Gasteiger partial charge in [-0.3, -0.25) is 4.79 Å². The molecule has 2 aromatic rings. The predicted octanol–water partition coefficient (Wildman–Crippen LogP) is 3.03. The molecule has 0 saturated heterocycles. The Balaban J connectivity index is 2.01.